The van der Waals surface area contributed by atoms with Crippen molar-refractivity contribution in [2.45, 2.75) is 6.42 Å². The highest BCUT2D eigenvalue weighted by atomic mass is 127. The number of benzene rings is 2. The van der Waals surface area contributed by atoms with Gasteiger partial charge in [0.1, 0.15) is 5.75 Å². The molecule has 114 valence electrons. The molecule has 2 aromatic carbocycles. The number of nitrogens with one attached hydrogen (secondary N) is 1. The van der Waals surface area contributed by atoms with Crippen molar-refractivity contribution in [1.29, 1.82) is 0 Å². The van der Waals surface area contributed by atoms with Crippen LogP contribution in [0.4, 0.5) is 5.69 Å². The lowest BCUT2D eigenvalue weighted by Gasteiger charge is -2.08. The van der Waals surface area contributed by atoms with Gasteiger partial charge in [0.25, 0.3) is 5.91 Å². The number of aromatic hydroxyl groups is 1. The Morgan fingerprint density at radius 3 is 2.45 bits per heavy atom. The summed E-state index contributed by atoms with van der Waals surface area (Å²) in [6.45, 7) is -0.331. The molecule has 22 heavy (non-hydrogen) atoms. The Hall–Kier alpha value is -2.09. The fourth-order valence-electron chi connectivity index (χ4n) is 1.73. The average molecular weight is 411 g/mol. The molecular formula is C16H14INO4. The second-order valence-corrected chi connectivity index (χ2v) is 5.69. The molecule has 0 aromatic heterocycles. The number of hydrogen-bond donors (Lipinski definition) is 2. The lowest BCUT2D eigenvalue weighted by molar-refractivity contribution is -0.146. The summed E-state index contributed by atoms with van der Waals surface area (Å²) in [5.74, 6) is -0.749. The number of carbonyl (C=O) groups excluding carboxylic acids is 2. The Kier molecular flexibility index (Phi) is 5.76. The first-order valence-electron chi connectivity index (χ1n) is 6.52. The summed E-state index contributed by atoms with van der Waals surface area (Å²) in [5.41, 5.74) is 1.39. The van der Waals surface area contributed by atoms with Crippen LogP contribution in [0.3, 0.4) is 0 Å². The first-order chi connectivity index (χ1) is 10.5. The van der Waals surface area contributed by atoms with Gasteiger partial charge in [-0.1, -0.05) is 24.3 Å². The maximum atomic E-state index is 11.7. The van der Waals surface area contributed by atoms with Crippen molar-refractivity contribution < 1.29 is 19.4 Å². The molecule has 0 radical (unpaired) electrons. The maximum Gasteiger partial charge on any atom is 0.310 e. The van der Waals surface area contributed by atoms with E-state index in [0.29, 0.717) is 11.3 Å². The maximum absolute atomic E-state index is 11.7. The highest BCUT2D eigenvalue weighted by Gasteiger charge is 2.10. The Morgan fingerprint density at radius 2 is 1.77 bits per heavy atom. The molecule has 0 bridgehead atoms. The van der Waals surface area contributed by atoms with Crippen molar-refractivity contribution in [3.05, 3.63) is 57.7 Å². The van der Waals surface area contributed by atoms with Gasteiger partial charge < -0.3 is 15.2 Å². The number of esters is 1. The normalized spacial score (nSPS) is 10.0. The van der Waals surface area contributed by atoms with Crippen LogP contribution >= 0.6 is 22.6 Å². The molecule has 0 spiro atoms. The zero-order chi connectivity index (χ0) is 15.9. The highest BCUT2D eigenvalue weighted by molar-refractivity contribution is 14.1. The SMILES string of the molecule is O=C(COC(=O)Cc1ccc(O)cc1)Nc1ccccc1I. The minimum absolute atomic E-state index is 0.0520. The molecule has 2 rings (SSSR count). The summed E-state index contributed by atoms with van der Waals surface area (Å²) < 4.78 is 5.84. The van der Waals surface area contributed by atoms with Crippen LogP contribution in [0, 0.1) is 3.57 Å². The van der Waals surface area contributed by atoms with E-state index < -0.39 is 5.97 Å². The molecule has 0 fully saturated rings. The third-order valence-corrected chi connectivity index (χ3v) is 3.74. The molecule has 0 aliphatic carbocycles. The van der Waals surface area contributed by atoms with Gasteiger partial charge in [0.2, 0.25) is 0 Å². The number of phenols is 1. The van der Waals surface area contributed by atoms with Crippen LogP contribution in [-0.4, -0.2) is 23.6 Å². The number of phenolic OH excluding ortho intramolecular Hbond substituents is 1. The smallest absolute Gasteiger partial charge is 0.310 e. The molecule has 6 heteroatoms. The van der Waals surface area contributed by atoms with Gasteiger partial charge in [-0.2, -0.15) is 0 Å². The molecule has 0 aliphatic heterocycles. The Morgan fingerprint density at radius 1 is 1.09 bits per heavy atom. The molecule has 0 atom stereocenters. The van der Waals surface area contributed by atoms with Crippen LogP contribution in [0.15, 0.2) is 48.5 Å². The third-order valence-electron chi connectivity index (χ3n) is 2.80. The quantitative estimate of drug-likeness (QED) is 0.586. The van der Waals surface area contributed by atoms with Crippen LogP contribution in [-0.2, 0) is 20.7 Å². The summed E-state index contributed by atoms with van der Waals surface area (Å²) >= 11 is 2.11. The fourth-order valence-corrected chi connectivity index (χ4v) is 2.25. The third kappa shape index (κ3) is 5.03. The molecule has 0 saturated heterocycles. The molecule has 0 aliphatic rings. The molecule has 0 heterocycles. The molecule has 0 unspecified atom stereocenters. The number of anilines is 1. The zero-order valence-electron chi connectivity index (χ0n) is 11.6. The molecule has 2 N–H and O–H groups in total. The van der Waals surface area contributed by atoms with E-state index in [4.69, 9.17) is 9.84 Å². The van der Waals surface area contributed by atoms with Gasteiger partial charge in [0, 0.05) is 3.57 Å². The summed E-state index contributed by atoms with van der Waals surface area (Å²) in [7, 11) is 0. The van der Waals surface area contributed by atoms with Crippen LogP contribution in [0.5, 0.6) is 5.75 Å². The lowest BCUT2D eigenvalue weighted by Crippen LogP contribution is -2.22. The predicted molar refractivity (Wildman–Crippen MR) is 90.6 cm³/mol. The fraction of sp³-hybridized carbons (Fsp3) is 0.125. The van der Waals surface area contributed by atoms with E-state index in [1.165, 1.54) is 12.1 Å². The second kappa shape index (κ2) is 7.79. The van der Waals surface area contributed by atoms with Crippen molar-refractivity contribution in [1.82, 2.24) is 0 Å². The predicted octanol–water partition coefficient (Wildman–Crippen LogP) is 2.72. The summed E-state index contributed by atoms with van der Waals surface area (Å²) in [6, 6.07) is 13.6. The van der Waals surface area contributed by atoms with Gasteiger partial charge in [-0.15, -0.1) is 0 Å². The molecule has 1 amide bonds. The van der Waals surface area contributed by atoms with E-state index in [1.54, 1.807) is 18.2 Å². The number of ether oxygens (including phenoxy) is 1. The minimum Gasteiger partial charge on any atom is -0.508 e. The number of carbonyl (C=O) groups is 2. The summed E-state index contributed by atoms with van der Waals surface area (Å²) in [6.07, 6.45) is 0.0520. The van der Waals surface area contributed by atoms with Crippen LogP contribution in [0.1, 0.15) is 5.56 Å². The lowest BCUT2D eigenvalue weighted by atomic mass is 10.1. The van der Waals surface area contributed by atoms with Crippen LogP contribution in [0.2, 0.25) is 0 Å². The monoisotopic (exact) mass is 411 g/mol. The van der Waals surface area contributed by atoms with Gasteiger partial charge in [-0.05, 0) is 52.4 Å². The molecular weight excluding hydrogens is 397 g/mol. The topological polar surface area (TPSA) is 75.6 Å². The van der Waals surface area contributed by atoms with E-state index in [-0.39, 0.29) is 24.7 Å². The molecule has 2 aromatic rings. The van der Waals surface area contributed by atoms with Crippen molar-refractivity contribution >= 4 is 40.2 Å². The van der Waals surface area contributed by atoms with Gasteiger partial charge in [0.15, 0.2) is 6.61 Å². The second-order valence-electron chi connectivity index (χ2n) is 4.53. The van der Waals surface area contributed by atoms with E-state index in [9.17, 15) is 9.59 Å². The van der Waals surface area contributed by atoms with Crippen LogP contribution < -0.4 is 5.32 Å². The number of halogens is 1. The van der Waals surface area contributed by atoms with Gasteiger partial charge in [-0.25, -0.2) is 0 Å². The van der Waals surface area contributed by atoms with Crippen LogP contribution in [0.25, 0.3) is 0 Å². The summed E-state index contributed by atoms with van der Waals surface area (Å²) in [5, 5.41) is 11.8. The van der Waals surface area contributed by atoms with Crippen molar-refractivity contribution in [2.75, 3.05) is 11.9 Å². The largest absolute Gasteiger partial charge is 0.508 e. The first kappa shape index (κ1) is 16.3. The number of hydrogen-bond acceptors (Lipinski definition) is 4. The highest BCUT2D eigenvalue weighted by Crippen LogP contribution is 2.16. The zero-order valence-corrected chi connectivity index (χ0v) is 13.7. The Labute approximate surface area is 141 Å². The van der Waals surface area contributed by atoms with Gasteiger partial charge in [0.05, 0.1) is 12.1 Å². The van der Waals surface area contributed by atoms with Crippen molar-refractivity contribution in [3.63, 3.8) is 0 Å². The number of amides is 1. The first-order valence-corrected chi connectivity index (χ1v) is 7.60. The van der Waals surface area contributed by atoms with E-state index in [2.05, 4.69) is 27.9 Å². The molecule has 0 saturated carbocycles. The standard InChI is InChI=1S/C16H14INO4/c17-13-3-1-2-4-14(13)18-15(20)10-22-16(21)9-11-5-7-12(19)8-6-11/h1-8,19H,9-10H2,(H,18,20). The van der Waals surface area contributed by atoms with Crippen molar-refractivity contribution in [3.8, 4) is 5.75 Å². The van der Waals surface area contributed by atoms with Gasteiger partial charge in [-0.3, -0.25) is 9.59 Å². The average Bonchev–Trinajstić information content (AvgIpc) is 2.50. The molecule has 5 nitrogen and oxygen atoms in total. The van der Waals surface area contributed by atoms with E-state index in [1.807, 2.05) is 18.2 Å². The number of rotatable bonds is 5. The Bertz CT molecular complexity index is 670. The van der Waals surface area contributed by atoms with Crippen molar-refractivity contribution in [2.24, 2.45) is 0 Å². The van der Waals surface area contributed by atoms with E-state index >= 15 is 0 Å². The van der Waals surface area contributed by atoms with Gasteiger partial charge >= 0.3 is 5.97 Å². The summed E-state index contributed by atoms with van der Waals surface area (Å²) in [4.78, 5) is 23.4. The Balaban J connectivity index is 1.79. The van der Waals surface area contributed by atoms with E-state index in [0.717, 1.165) is 3.57 Å². The minimum atomic E-state index is -0.497. The number of para-hydroxylation sites is 1.